The molecule has 2 aliphatic heterocycles. The molecular weight excluding hydrogens is 270 g/mol. The van der Waals surface area contributed by atoms with Gasteiger partial charge in [0.15, 0.2) is 11.5 Å². The van der Waals surface area contributed by atoms with Crippen LogP contribution in [0.5, 0.6) is 11.5 Å². The Morgan fingerprint density at radius 2 is 2.05 bits per heavy atom. The van der Waals surface area contributed by atoms with Crippen LogP contribution in [0.25, 0.3) is 0 Å². The normalized spacial score (nSPS) is 29.4. The third-order valence-electron chi connectivity index (χ3n) is 4.54. The van der Waals surface area contributed by atoms with Gasteiger partial charge >= 0.3 is 0 Å². The van der Waals surface area contributed by atoms with Crippen LogP contribution in [0.4, 0.5) is 0 Å². The van der Waals surface area contributed by atoms with Crippen molar-refractivity contribution in [1.29, 1.82) is 0 Å². The largest absolute Gasteiger partial charge is 0.486 e. The van der Waals surface area contributed by atoms with Crippen LogP contribution in [0.1, 0.15) is 31.9 Å². The van der Waals surface area contributed by atoms with Crippen LogP contribution in [-0.2, 0) is 4.74 Å². The number of fused-ring (bicyclic) bond motifs is 1. The molecular formula is C16H23NO4. The first-order valence-electron chi connectivity index (χ1n) is 7.53. The van der Waals surface area contributed by atoms with E-state index in [0.717, 1.165) is 24.3 Å². The first-order chi connectivity index (χ1) is 10.1. The van der Waals surface area contributed by atoms with Crippen LogP contribution in [-0.4, -0.2) is 43.1 Å². The second kappa shape index (κ2) is 5.83. The summed E-state index contributed by atoms with van der Waals surface area (Å²) in [6.07, 6.45) is 0.539. The topological polar surface area (TPSA) is 60.0 Å². The number of hydrogen-bond acceptors (Lipinski definition) is 5. The lowest BCUT2D eigenvalue weighted by Crippen LogP contribution is -2.49. The van der Waals surface area contributed by atoms with Crippen LogP contribution in [0, 0.1) is 0 Å². The maximum atomic E-state index is 10.4. The van der Waals surface area contributed by atoms with Gasteiger partial charge in [-0.3, -0.25) is 0 Å². The molecule has 3 rings (SSSR count). The van der Waals surface area contributed by atoms with E-state index in [0.29, 0.717) is 25.5 Å². The molecule has 1 aromatic carbocycles. The van der Waals surface area contributed by atoms with Crippen LogP contribution in [0.15, 0.2) is 18.2 Å². The Morgan fingerprint density at radius 3 is 2.76 bits per heavy atom. The van der Waals surface area contributed by atoms with Gasteiger partial charge in [0.2, 0.25) is 0 Å². The third kappa shape index (κ3) is 3.00. The zero-order chi connectivity index (χ0) is 14.9. The minimum Gasteiger partial charge on any atom is -0.486 e. The molecule has 0 radical (unpaired) electrons. The molecule has 5 nitrogen and oxygen atoms in total. The van der Waals surface area contributed by atoms with E-state index < -0.39 is 6.10 Å². The van der Waals surface area contributed by atoms with Crippen molar-refractivity contribution in [3.8, 4) is 11.5 Å². The molecule has 1 saturated heterocycles. The summed E-state index contributed by atoms with van der Waals surface area (Å²) in [6, 6.07) is 5.60. The number of benzene rings is 1. The van der Waals surface area contributed by atoms with Gasteiger partial charge in [0.25, 0.3) is 0 Å². The van der Waals surface area contributed by atoms with Crippen molar-refractivity contribution in [2.75, 3.05) is 26.4 Å². The van der Waals surface area contributed by atoms with E-state index in [9.17, 15) is 5.11 Å². The second-order valence-corrected chi connectivity index (χ2v) is 5.98. The summed E-state index contributed by atoms with van der Waals surface area (Å²) in [7, 11) is 0. The Labute approximate surface area is 125 Å². The first-order valence-corrected chi connectivity index (χ1v) is 7.53. The molecule has 21 heavy (non-hydrogen) atoms. The van der Waals surface area contributed by atoms with Crippen molar-refractivity contribution in [2.24, 2.45) is 0 Å². The molecule has 0 aliphatic carbocycles. The van der Waals surface area contributed by atoms with Crippen molar-refractivity contribution >= 4 is 0 Å². The fraction of sp³-hybridized carbons (Fsp3) is 0.625. The van der Waals surface area contributed by atoms with Crippen LogP contribution >= 0.6 is 0 Å². The minimum absolute atomic E-state index is 0.0746. The average Bonchev–Trinajstić information content (AvgIpc) is 2.84. The third-order valence-corrected chi connectivity index (χ3v) is 4.54. The number of ether oxygens (including phenoxy) is 3. The Morgan fingerprint density at radius 1 is 1.29 bits per heavy atom. The van der Waals surface area contributed by atoms with E-state index in [-0.39, 0.29) is 11.6 Å². The van der Waals surface area contributed by atoms with Crippen molar-refractivity contribution in [3.63, 3.8) is 0 Å². The zero-order valence-electron chi connectivity index (χ0n) is 12.6. The van der Waals surface area contributed by atoms with Crippen molar-refractivity contribution in [2.45, 2.75) is 38.0 Å². The van der Waals surface area contributed by atoms with Crippen molar-refractivity contribution in [1.82, 2.24) is 5.32 Å². The highest BCUT2D eigenvalue weighted by atomic mass is 16.6. The smallest absolute Gasteiger partial charge is 0.161 e. The summed E-state index contributed by atoms with van der Waals surface area (Å²) in [5.74, 6) is 1.46. The summed E-state index contributed by atoms with van der Waals surface area (Å²) in [4.78, 5) is 0. The molecule has 0 bridgehead atoms. The molecule has 1 aromatic rings. The van der Waals surface area contributed by atoms with Gasteiger partial charge in [-0.2, -0.15) is 0 Å². The average molecular weight is 293 g/mol. The first kappa shape index (κ1) is 14.6. The second-order valence-electron chi connectivity index (χ2n) is 5.98. The maximum Gasteiger partial charge on any atom is 0.161 e. The zero-order valence-corrected chi connectivity index (χ0v) is 12.6. The SMILES string of the molecule is CC1OCCC1(C)NCC(O)c1ccc2c(c1)OCCO2. The maximum absolute atomic E-state index is 10.4. The Balaban J connectivity index is 1.64. The molecule has 116 valence electrons. The van der Waals surface area contributed by atoms with E-state index >= 15 is 0 Å². The van der Waals surface area contributed by atoms with Crippen LogP contribution in [0.3, 0.4) is 0 Å². The van der Waals surface area contributed by atoms with Crippen molar-refractivity contribution in [3.05, 3.63) is 23.8 Å². The lowest BCUT2D eigenvalue weighted by Gasteiger charge is -2.30. The molecule has 2 N–H and O–H groups in total. The quantitative estimate of drug-likeness (QED) is 0.884. The van der Waals surface area contributed by atoms with E-state index in [1.807, 2.05) is 18.2 Å². The summed E-state index contributed by atoms with van der Waals surface area (Å²) in [6.45, 7) is 6.59. The number of aliphatic hydroxyl groups is 1. The molecule has 0 amide bonds. The number of nitrogens with one attached hydrogen (secondary N) is 1. The van der Waals surface area contributed by atoms with Gasteiger partial charge in [0.1, 0.15) is 13.2 Å². The summed E-state index contributed by atoms with van der Waals surface area (Å²) >= 11 is 0. The number of β-amino-alcohol motifs (C(OH)–C–C–N with tert-alkyl or cyclic N) is 1. The summed E-state index contributed by atoms with van der Waals surface area (Å²) < 4.78 is 16.6. The monoisotopic (exact) mass is 293 g/mol. The van der Waals surface area contributed by atoms with E-state index in [1.165, 1.54) is 0 Å². The Kier molecular flexibility index (Phi) is 4.06. The predicted octanol–water partition coefficient (Wildman–Crippen LogP) is 1.65. The van der Waals surface area contributed by atoms with Gasteiger partial charge in [0, 0.05) is 18.7 Å². The standard InChI is InChI=1S/C16H23NO4/c1-11-16(2,5-6-19-11)17-10-13(18)12-3-4-14-15(9-12)21-8-7-20-14/h3-4,9,11,13,17-18H,5-8,10H2,1-2H3. The van der Waals surface area contributed by atoms with Gasteiger partial charge in [-0.25, -0.2) is 0 Å². The molecule has 3 unspecified atom stereocenters. The van der Waals surface area contributed by atoms with Gasteiger partial charge < -0.3 is 24.6 Å². The lowest BCUT2D eigenvalue weighted by molar-refractivity contribution is 0.0799. The number of rotatable bonds is 4. The molecule has 0 aromatic heterocycles. The van der Waals surface area contributed by atoms with E-state index in [2.05, 4.69) is 19.2 Å². The predicted molar refractivity (Wildman–Crippen MR) is 78.8 cm³/mol. The number of aliphatic hydroxyl groups excluding tert-OH is 1. The van der Waals surface area contributed by atoms with Crippen molar-refractivity contribution < 1.29 is 19.3 Å². The highest BCUT2D eigenvalue weighted by Gasteiger charge is 2.36. The molecule has 1 fully saturated rings. The summed E-state index contributed by atoms with van der Waals surface area (Å²) in [5.41, 5.74) is 0.761. The Hall–Kier alpha value is -1.30. The van der Waals surface area contributed by atoms with Gasteiger partial charge in [-0.05, 0) is 38.0 Å². The van der Waals surface area contributed by atoms with Gasteiger partial charge in [0.05, 0.1) is 12.2 Å². The molecule has 2 heterocycles. The van der Waals surface area contributed by atoms with Crippen LogP contribution < -0.4 is 14.8 Å². The number of hydrogen-bond donors (Lipinski definition) is 2. The van der Waals surface area contributed by atoms with Gasteiger partial charge in [-0.15, -0.1) is 0 Å². The highest BCUT2D eigenvalue weighted by molar-refractivity contribution is 5.44. The molecule has 5 heteroatoms. The Bertz CT molecular complexity index is 507. The van der Waals surface area contributed by atoms with Gasteiger partial charge in [-0.1, -0.05) is 6.07 Å². The molecule has 3 atom stereocenters. The van der Waals surface area contributed by atoms with Crippen LogP contribution in [0.2, 0.25) is 0 Å². The van der Waals surface area contributed by atoms with E-state index in [1.54, 1.807) is 0 Å². The fourth-order valence-electron chi connectivity index (χ4n) is 2.78. The summed E-state index contributed by atoms with van der Waals surface area (Å²) in [5, 5.41) is 13.8. The molecule has 0 saturated carbocycles. The fourth-order valence-corrected chi connectivity index (χ4v) is 2.78. The van der Waals surface area contributed by atoms with E-state index in [4.69, 9.17) is 14.2 Å². The molecule has 0 spiro atoms. The lowest BCUT2D eigenvalue weighted by atomic mass is 9.94. The molecule has 2 aliphatic rings. The highest BCUT2D eigenvalue weighted by Crippen LogP contribution is 2.33. The minimum atomic E-state index is -0.578.